The third-order valence-electron chi connectivity index (χ3n) is 2.35. The van der Waals surface area contributed by atoms with Gasteiger partial charge in [0.25, 0.3) is 0 Å². The van der Waals surface area contributed by atoms with E-state index in [0.717, 1.165) is 5.69 Å². The molecule has 0 fully saturated rings. The molecule has 14 heavy (non-hydrogen) atoms. The SMILES string of the molecule is CNC(C)(CO)Cn1cc(Cl)c(C)n1. The minimum absolute atomic E-state index is 0.0556. The third kappa shape index (κ3) is 2.47. The first-order valence-electron chi connectivity index (χ1n) is 4.50. The summed E-state index contributed by atoms with van der Waals surface area (Å²) in [7, 11) is 1.81. The maximum absolute atomic E-state index is 9.19. The van der Waals surface area contributed by atoms with Gasteiger partial charge in [0.05, 0.1) is 29.4 Å². The topological polar surface area (TPSA) is 50.1 Å². The summed E-state index contributed by atoms with van der Waals surface area (Å²) in [4.78, 5) is 0. The van der Waals surface area contributed by atoms with Crippen LogP contribution in [0.5, 0.6) is 0 Å². The van der Waals surface area contributed by atoms with E-state index in [1.807, 2.05) is 20.9 Å². The second-order valence-electron chi connectivity index (χ2n) is 3.73. The molecule has 0 aromatic carbocycles. The molecule has 1 rings (SSSR count). The smallest absolute Gasteiger partial charge is 0.0814 e. The van der Waals surface area contributed by atoms with Crippen molar-refractivity contribution in [3.05, 3.63) is 16.9 Å². The molecule has 80 valence electrons. The van der Waals surface area contributed by atoms with Gasteiger partial charge in [0, 0.05) is 6.20 Å². The Morgan fingerprint density at radius 3 is 2.71 bits per heavy atom. The molecule has 0 amide bonds. The van der Waals surface area contributed by atoms with Gasteiger partial charge in [-0.05, 0) is 20.9 Å². The highest BCUT2D eigenvalue weighted by molar-refractivity contribution is 6.31. The van der Waals surface area contributed by atoms with Crippen LogP contribution in [0.4, 0.5) is 0 Å². The molecule has 1 aromatic rings. The zero-order valence-electron chi connectivity index (χ0n) is 8.71. The molecule has 5 heteroatoms. The maximum atomic E-state index is 9.19. The van der Waals surface area contributed by atoms with Crippen molar-refractivity contribution in [2.75, 3.05) is 13.7 Å². The maximum Gasteiger partial charge on any atom is 0.0814 e. The number of nitrogens with zero attached hydrogens (tertiary/aromatic N) is 2. The van der Waals surface area contributed by atoms with Gasteiger partial charge in [-0.2, -0.15) is 5.10 Å². The van der Waals surface area contributed by atoms with Gasteiger partial charge in [0.2, 0.25) is 0 Å². The zero-order valence-corrected chi connectivity index (χ0v) is 9.47. The molecule has 0 aliphatic carbocycles. The van der Waals surface area contributed by atoms with Gasteiger partial charge < -0.3 is 10.4 Å². The zero-order chi connectivity index (χ0) is 10.8. The molecule has 4 nitrogen and oxygen atoms in total. The minimum Gasteiger partial charge on any atom is -0.394 e. The fraction of sp³-hybridized carbons (Fsp3) is 0.667. The standard InChI is InChI=1S/C9H16ClN3O/c1-7-8(10)4-13(12-7)5-9(2,6-14)11-3/h4,11,14H,5-6H2,1-3H3. The molecular formula is C9H16ClN3O. The van der Waals surface area contributed by atoms with Crippen molar-refractivity contribution in [1.82, 2.24) is 15.1 Å². The lowest BCUT2D eigenvalue weighted by Gasteiger charge is -2.26. The van der Waals surface area contributed by atoms with E-state index < -0.39 is 0 Å². The number of aliphatic hydroxyl groups is 1. The number of likely N-dealkylation sites (N-methyl/N-ethyl adjacent to an activating group) is 1. The molecule has 0 saturated heterocycles. The summed E-state index contributed by atoms with van der Waals surface area (Å²) in [5.74, 6) is 0. The fourth-order valence-corrected chi connectivity index (χ4v) is 1.29. The van der Waals surface area contributed by atoms with Crippen LogP contribution in [-0.2, 0) is 6.54 Å². The summed E-state index contributed by atoms with van der Waals surface area (Å²) in [6, 6.07) is 0. The molecule has 0 bridgehead atoms. The summed E-state index contributed by atoms with van der Waals surface area (Å²) < 4.78 is 1.74. The van der Waals surface area contributed by atoms with Crippen LogP contribution in [0.25, 0.3) is 0 Å². The molecule has 0 aliphatic heterocycles. The predicted octanol–water partition coefficient (Wildman–Crippen LogP) is 0.815. The van der Waals surface area contributed by atoms with Gasteiger partial charge in [-0.15, -0.1) is 0 Å². The number of rotatable bonds is 4. The summed E-state index contributed by atoms with van der Waals surface area (Å²) in [5, 5.41) is 17.1. The predicted molar refractivity (Wildman–Crippen MR) is 56.5 cm³/mol. The quantitative estimate of drug-likeness (QED) is 0.785. The van der Waals surface area contributed by atoms with Gasteiger partial charge in [0.1, 0.15) is 0 Å². The largest absolute Gasteiger partial charge is 0.394 e. The van der Waals surface area contributed by atoms with E-state index in [9.17, 15) is 5.11 Å². The average Bonchev–Trinajstić information content (AvgIpc) is 2.45. The van der Waals surface area contributed by atoms with Crippen LogP contribution in [0.15, 0.2) is 6.20 Å². The van der Waals surface area contributed by atoms with Crippen LogP contribution in [0.1, 0.15) is 12.6 Å². The Morgan fingerprint density at radius 1 is 1.71 bits per heavy atom. The Labute approximate surface area is 88.9 Å². The molecule has 1 atom stereocenters. The third-order valence-corrected chi connectivity index (χ3v) is 2.72. The average molecular weight is 218 g/mol. The first-order valence-corrected chi connectivity index (χ1v) is 4.88. The molecule has 0 saturated carbocycles. The van der Waals surface area contributed by atoms with E-state index in [2.05, 4.69) is 10.4 Å². The van der Waals surface area contributed by atoms with Crippen LogP contribution >= 0.6 is 11.6 Å². The van der Waals surface area contributed by atoms with Crippen LogP contribution in [-0.4, -0.2) is 34.1 Å². The van der Waals surface area contributed by atoms with Crippen molar-refractivity contribution < 1.29 is 5.11 Å². The molecule has 1 heterocycles. The Morgan fingerprint density at radius 2 is 2.36 bits per heavy atom. The van der Waals surface area contributed by atoms with Gasteiger partial charge in [-0.3, -0.25) is 4.68 Å². The van der Waals surface area contributed by atoms with Crippen LogP contribution in [0.2, 0.25) is 5.02 Å². The van der Waals surface area contributed by atoms with Gasteiger partial charge >= 0.3 is 0 Å². The van der Waals surface area contributed by atoms with E-state index in [4.69, 9.17) is 11.6 Å². The molecule has 1 unspecified atom stereocenters. The van der Waals surface area contributed by atoms with Crippen molar-refractivity contribution in [2.24, 2.45) is 0 Å². The lowest BCUT2D eigenvalue weighted by Crippen LogP contribution is -2.47. The monoisotopic (exact) mass is 217 g/mol. The molecule has 0 radical (unpaired) electrons. The number of nitrogens with one attached hydrogen (secondary N) is 1. The van der Waals surface area contributed by atoms with E-state index in [1.165, 1.54) is 0 Å². The summed E-state index contributed by atoms with van der Waals surface area (Å²) >= 11 is 5.88. The first kappa shape index (κ1) is 11.5. The van der Waals surface area contributed by atoms with E-state index >= 15 is 0 Å². The van der Waals surface area contributed by atoms with Crippen molar-refractivity contribution in [2.45, 2.75) is 25.9 Å². The van der Waals surface area contributed by atoms with E-state index in [0.29, 0.717) is 11.6 Å². The van der Waals surface area contributed by atoms with Crippen LogP contribution < -0.4 is 5.32 Å². The number of aromatic nitrogens is 2. The molecule has 1 aromatic heterocycles. The highest BCUT2D eigenvalue weighted by Gasteiger charge is 2.22. The number of halogens is 1. The molecule has 0 spiro atoms. The van der Waals surface area contributed by atoms with Gasteiger partial charge in [-0.1, -0.05) is 11.6 Å². The first-order chi connectivity index (χ1) is 6.50. The number of aryl methyl sites for hydroxylation is 1. The normalized spacial score (nSPS) is 15.5. The Hall–Kier alpha value is -0.580. The fourth-order valence-electron chi connectivity index (χ4n) is 1.14. The second kappa shape index (κ2) is 4.29. The molecule has 0 aliphatic rings. The van der Waals surface area contributed by atoms with Crippen molar-refractivity contribution in [3.8, 4) is 0 Å². The minimum atomic E-state index is -0.359. The summed E-state index contributed by atoms with van der Waals surface area (Å²) in [5.41, 5.74) is 0.449. The van der Waals surface area contributed by atoms with E-state index in [-0.39, 0.29) is 12.1 Å². The van der Waals surface area contributed by atoms with Crippen molar-refractivity contribution in [3.63, 3.8) is 0 Å². The van der Waals surface area contributed by atoms with Gasteiger partial charge in [0.15, 0.2) is 0 Å². The number of aliphatic hydroxyl groups excluding tert-OH is 1. The number of hydrogen-bond donors (Lipinski definition) is 2. The van der Waals surface area contributed by atoms with Crippen molar-refractivity contribution >= 4 is 11.6 Å². The van der Waals surface area contributed by atoms with Crippen molar-refractivity contribution in [1.29, 1.82) is 0 Å². The summed E-state index contributed by atoms with van der Waals surface area (Å²) in [6.45, 7) is 4.43. The summed E-state index contributed by atoms with van der Waals surface area (Å²) in [6.07, 6.45) is 1.77. The highest BCUT2D eigenvalue weighted by atomic mass is 35.5. The van der Waals surface area contributed by atoms with Crippen LogP contribution in [0, 0.1) is 6.92 Å². The molecule has 2 N–H and O–H groups in total. The Bertz CT molecular complexity index is 288. The Balaban J connectivity index is 2.77. The van der Waals surface area contributed by atoms with E-state index in [1.54, 1.807) is 10.9 Å². The second-order valence-corrected chi connectivity index (χ2v) is 4.14. The number of hydrogen-bond acceptors (Lipinski definition) is 3. The lowest BCUT2D eigenvalue weighted by molar-refractivity contribution is 0.161. The highest BCUT2D eigenvalue weighted by Crippen LogP contribution is 2.14. The molecular weight excluding hydrogens is 202 g/mol. The lowest BCUT2D eigenvalue weighted by atomic mass is 10.1. The Kier molecular flexibility index (Phi) is 3.53. The van der Waals surface area contributed by atoms with Gasteiger partial charge in [-0.25, -0.2) is 0 Å². The van der Waals surface area contributed by atoms with Crippen LogP contribution in [0.3, 0.4) is 0 Å².